The summed E-state index contributed by atoms with van der Waals surface area (Å²) in [6, 6.07) is 0. The Morgan fingerprint density at radius 1 is 0.824 bits per heavy atom. The SMILES string of the molecule is CCCCCCCCCCC(CN)OCCC. The highest BCUT2D eigenvalue weighted by atomic mass is 16.5. The molecule has 0 saturated heterocycles. The molecular weight excluding hydrogens is 210 g/mol. The monoisotopic (exact) mass is 243 g/mol. The van der Waals surface area contributed by atoms with Crippen LogP contribution in [-0.4, -0.2) is 19.3 Å². The predicted molar refractivity (Wildman–Crippen MR) is 76.3 cm³/mol. The topological polar surface area (TPSA) is 35.2 Å². The van der Waals surface area contributed by atoms with E-state index in [0.29, 0.717) is 12.6 Å². The third kappa shape index (κ3) is 12.2. The van der Waals surface area contributed by atoms with Gasteiger partial charge in [-0.25, -0.2) is 0 Å². The molecule has 2 N–H and O–H groups in total. The van der Waals surface area contributed by atoms with Gasteiger partial charge in [-0.05, 0) is 12.8 Å². The fraction of sp³-hybridized carbons (Fsp3) is 1.00. The van der Waals surface area contributed by atoms with E-state index in [0.717, 1.165) is 19.4 Å². The molecule has 2 nitrogen and oxygen atoms in total. The summed E-state index contributed by atoms with van der Waals surface area (Å²) in [5, 5.41) is 0. The van der Waals surface area contributed by atoms with Crippen molar-refractivity contribution in [3.8, 4) is 0 Å². The lowest BCUT2D eigenvalue weighted by atomic mass is 10.1. The van der Waals surface area contributed by atoms with E-state index in [1.807, 2.05) is 0 Å². The van der Waals surface area contributed by atoms with Crippen molar-refractivity contribution >= 4 is 0 Å². The van der Waals surface area contributed by atoms with Crippen LogP contribution in [0.5, 0.6) is 0 Å². The van der Waals surface area contributed by atoms with Gasteiger partial charge in [0.2, 0.25) is 0 Å². The molecule has 0 aromatic carbocycles. The largest absolute Gasteiger partial charge is 0.377 e. The Kier molecular flexibility index (Phi) is 13.9. The molecule has 104 valence electrons. The molecule has 0 aliphatic heterocycles. The Labute approximate surface area is 108 Å². The molecule has 1 atom stereocenters. The molecule has 0 aliphatic rings. The number of hydrogen-bond donors (Lipinski definition) is 1. The predicted octanol–water partition coefficient (Wildman–Crippen LogP) is 4.27. The quantitative estimate of drug-likeness (QED) is 0.490. The van der Waals surface area contributed by atoms with Gasteiger partial charge < -0.3 is 10.5 Å². The van der Waals surface area contributed by atoms with Crippen LogP contribution >= 0.6 is 0 Å². The van der Waals surface area contributed by atoms with Crippen molar-refractivity contribution in [3.63, 3.8) is 0 Å². The molecule has 0 saturated carbocycles. The van der Waals surface area contributed by atoms with Gasteiger partial charge in [-0.15, -0.1) is 0 Å². The molecule has 0 spiro atoms. The summed E-state index contributed by atoms with van der Waals surface area (Å²) in [6.07, 6.45) is 13.5. The van der Waals surface area contributed by atoms with Crippen molar-refractivity contribution in [3.05, 3.63) is 0 Å². The molecule has 0 heterocycles. The lowest BCUT2D eigenvalue weighted by molar-refractivity contribution is 0.0520. The maximum Gasteiger partial charge on any atom is 0.0697 e. The maximum atomic E-state index is 5.68. The van der Waals surface area contributed by atoms with E-state index in [2.05, 4.69) is 13.8 Å². The lowest BCUT2D eigenvalue weighted by Gasteiger charge is -2.15. The normalized spacial score (nSPS) is 12.9. The summed E-state index contributed by atoms with van der Waals surface area (Å²) < 4.78 is 5.68. The standard InChI is InChI=1S/C15H33NO/c1-3-5-6-7-8-9-10-11-12-15(14-16)17-13-4-2/h15H,3-14,16H2,1-2H3. The molecule has 0 aromatic heterocycles. The molecule has 0 bridgehead atoms. The average molecular weight is 243 g/mol. The van der Waals surface area contributed by atoms with Crippen molar-refractivity contribution in [2.75, 3.05) is 13.2 Å². The zero-order chi connectivity index (χ0) is 12.8. The molecule has 2 heteroatoms. The molecule has 0 amide bonds. The van der Waals surface area contributed by atoms with Gasteiger partial charge in [-0.1, -0.05) is 65.2 Å². The highest BCUT2D eigenvalue weighted by Gasteiger charge is 2.05. The van der Waals surface area contributed by atoms with Gasteiger partial charge in [0.1, 0.15) is 0 Å². The summed E-state index contributed by atoms with van der Waals surface area (Å²) in [6.45, 7) is 5.95. The fourth-order valence-electron chi connectivity index (χ4n) is 2.06. The van der Waals surface area contributed by atoms with Crippen LogP contribution in [0.3, 0.4) is 0 Å². The van der Waals surface area contributed by atoms with E-state index < -0.39 is 0 Å². The number of nitrogens with two attached hydrogens (primary N) is 1. The first-order chi connectivity index (χ1) is 8.35. The second-order valence-corrected chi connectivity index (χ2v) is 4.99. The zero-order valence-corrected chi connectivity index (χ0v) is 12.0. The third-order valence-corrected chi connectivity index (χ3v) is 3.20. The molecule has 0 aliphatic carbocycles. The molecule has 0 fully saturated rings. The van der Waals surface area contributed by atoms with E-state index in [4.69, 9.17) is 10.5 Å². The van der Waals surface area contributed by atoms with Gasteiger partial charge in [0, 0.05) is 13.2 Å². The molecule has 0 rings (SSSR count). The number of hydrogen-bond acceptors (Lipinski definition) is 2. The zero-order valence-electron chi connectivity index (χ0n) is 12.0. The van der Waals surface area contributed by atoms with Crippen molar-refractivity contribution in [1.82, 2.24) is 0 Å². The Balaban J connectivity index is 3.19. The van der Waals surface area contributed by atoms with Gasteiger partial charge >= 0.3 is 0 Å². The van der Waals surface area contributed by atoms with Crippen LogP contribution in [0.15, 0.2) is 0 Å². The summed E-state index contributed by atoms with van der Waals surface area (Å²) in [7, 11) is 0. The van der Waals surface area contributed by atoms with Crippen LogP contribution in [0.4, 0.5) is 0 Å². The molecule has 1 unspecified atom stereocenters. The molecule has 0 aromatic rings. The summed E-state index contributed by atoms with van der Waals surface area (Å²) in [5.41, 5.74) is 5.68. The number of unbranched alkanes of at least 4 members (excludes halogenated alkanes) is 7. The van der Waals surface area contributed by atoms with Crippen molar-refractivity contribution in [2.45, 2.75) is 84.2 Å². The van der Waals surface area contributed by atoms with E-state index in [1.165, 1.54) is 51.4 Å². The van der Waals surface area contributed by atoms with Crippen LogP contribution in [0.2, 0.25) is 0 Å². The van der Waals surface area contributed by atoms with Gasteiger partial charge in [0.15, 0.2) is 0 Å². The third-order valence-electron chi connectivity index (χ3n) is 3.20. The van der Waals surface area contributed by atoms with Gasteiger partial charge in [0.25, 0.3) is 0 Å². The number of rotatable bonds is 13. The second kappa shape index (κ2) is 14.0. The smallest absolute Gasteiger partial charge is 0.0697 e. The van der Waals surface area contributed by atoms with Crippen LogP contribution in [0.25, 0.3) is 0 Å². The Hall–Kier alpha value is -0.0800. The highest BCUT2D eigenvalue weighted by Crippen LogP contribution is 2.11. The van der Waals surface area contributed by atoms with Crippen LogP contribution < -0.4 is 5.73 Å². The minimum absolute atomic E-state index is 0.301. The maximum absolute atomic E-state index is 5.68. The van der Waals surface area contributed by atoms with Crippen LogP contribution in [0.1, 0.15) is 78.1 Å². The second-order valence-electron chi connectivity index (χ2n) is 4.99. The van der Waals surface area contributed by atoms with Crippen LogP contribution in [0, 0.1) is 0 Å². The molecular formula is C15H33NO. The van der Waals surface area contributed by atoms with Crippen molar-refractivity contribution < 1.29 is 4.74 Å². The minimum atomic E-state index is 0.301. The first-order valence-electron chi connectivity index (χ1n) is 7.66. The molecule has 0 radical (unpaired) electrons. The van der Waals surface area contributed by atoms with Crippen LogP contribution in [-0.2, 0) is 4.74 Å². The van der Waals surface area contributed by atoms with Crippen molar-refractivity contribution in [2.24, 2.45) is 5.73 Å². The average Bonchev–Trinajstić information content (AvgIpc) is 2.36. The first-order valence-corrected chi connectivity index (χ1v) is 7.66. The number of ether oxygens (including phenoxy) is 1. The summed E-state index contributed by atoms with van der Waals surface area (Å²) >= 11 is 0. The Morgan fingerprint density at radius 3 is 1.94 bits per heavy atom. The summed E-state index contributed by atoms with van der Waals surface area (Å²) in [4.78, 5) is 0. The minimum Gasteiger partial charge on any atom is -0.377 e. The van der Waals surface area contributed by atoms with E-state index in [9.17, 15) is 0 Å². The Morgan fingerprint density at radius 2 is 1.41 bits per heavy atom. The summed E-state index contributed by atoms with van der Waals surface area (Å²) in [5.74, 6) is 0. The van der Waals surface area contributed by atoms with E-state index in [1.54, 1.807) is 0 Å². The molecule has 17 heavy (non-hydrogen) atoms. The first kappa shape index (κ1) is 16.9. The van der Waals surface area contributed by atoms with Crippen molar-refractivity contribution in [1.29, 1.82) is 0 Å². The van der Waals surface area contributed by atoms with E-state index >= 15 is 0 Å². The fourth-order valence-corrected chi connectivity index (χ4v) is 2.06. The lowest BCUT2D eigenvalue weighted by Crippen LogP contribution is -2.24. The highest BCUT2D eigenvalue weighted by molar-refractivity contribution is 4.59. The van der Waals surface area contributed by atoms with Gasteiger partial charge in [0.05, 0.1) is 6.10 Å². The Bertz CT molecular complexity index is 139. The van der Waals surface area contributed by atoms with E-state index in [-0.39, 0.29) is 0 Å². The van der Waals surface area contributed by atoms with Gasteiger partial charge in [-0.3, -0.25) is 0 Å². The van der Waals surface area contributed by atoms with Gasteiger partial charge in [-0.2, -0.15) is 0 Å².